The molecule has 0 aliphatic carbocycles. The van der Waals surface area contributed by atoms with Crippen LogP contribution in [0.15, 0.2) is 77.8 Å². The van der Waals surface area contributed by atoms with Gasteiger partial charge in [0.25, 0.3) is 0 Å². The molecule has 12 heteroatoms. The quantitative estimate of drug-likeness (QED) is 0.201. The predicted molar refractivity (Wildman–Crippen MR) is 152 cm³/mol. The van der Waals surface area contributed by atoms with Gasteiger partial charge in [0.15, 0.2) is 22.8 Å². The van der Waals surface area contributed by atoms with Crippen LogP contribution in [0.5, 0.6) is 11.5 Å². The smallest absolute Gasteiger partial charge is 0.246 e. The molecule has 0 bridgehead atoms. The van der Waals surface area contributed by atoms with Crippen LogP contribution < -0.4 is 31.0 Å². The number of guanidine groups is 1. The number of aryl methyl sites for hydroxylation is 1. The molecule has 3 aromatic carbocycles. The molecule has 0 saturated carbocycles. The van der Waals surface area contributed by atoms with E-state index in [4.69, 9.17) is 20.3 Å². The second kappa shape index (κ2) is 13.6. The van der Waals surface area contributed by atoms with E-state index in [0.29, 0.717) is 28.2 Å². The van der Waals surface area contributed by atoms with Crippen LogP contribution in [0.1, 0.15) is 27.6 Å². The molecule has 0 fully saturated rings. The number of benzene rings is 3. The Morgan fingerprint density at radius 3 is 2.20 bits per heavy atom. The molecule has 2 amide bonds. The molecule has 0 heterocycles. The molecular formula is C28H33N5O6S. The summed E-state index contributed by atoms with van der Waals surface area (Å²) in [6.45, 7) is 1.71. The van der Waals surface area contributed by atoms with Crippen molar-refractivity contribution in [3.05, 3.63) is 95.1 Å². The van der Waals surface area contributed by atoms with Crippen LogP contribution in [0.2, 0.25) is 0 Å². The van der Waals surface area contributed by atoms with Crippen LogP contribution in [0.3, 0.4) is 0 Å². The molecule has 6 N–H and O–H groups in total. The van der Waals surface area contributed by atoms with Gasteiger partial charge in [-0.1, -0.05) is 60.7 Å². The van der Waals surface area contributed by atoms with Gasteiger partial charge in [-0.25, -0.2) is 18.5 Å². The molecule has 0 aliphatic heterocycles. The van der Waals surface area contributed by atoms with Crippen LogP contribution in [-0.2, 0) is 32.5 Å². The predicted octanol–water partition coefficient (Wildman–Crippen LogP) is 1.70. The van der Waals surface area contributed by atoms with Gasteiger partial charge in [-0.3, -0.25) is 14.9 Å². The van der Waals surface area contributed by atoms with Crippen LogP contribution in [0, 0.1) is 6.92 Å². The zero-order valence-corrected chi connectivity index (χ0v) is 23.3. The van der Waals surface area contributed by atoms with E-state index in [1.165, 1.54) is 14.2 Å². The zero-order chi connectivity index (χ0) is 29.3. The van der Waals surface area contributed by atoms with Crippen molar-refractivity contribution < 1.29 is 27.5 Å². The van der Waals surface area contributed by atoms with E-state index < -0.39 is 33.3 Å². The lowest BCUT2D eigenvalue weighted by Gasteiger charge is -2.22. The Morgan fingerprint density at radius 1 is 0.925 bits per heavy atom. The number of carbonyl (C=O) groups is 2. The summed E-state index contributed by atoms with van der Waals surface area (Å²) < 4.78 is 35.4. The van der Waals surface area contributed by atoms with Crippen LogP contribution in [0.25, 0.3) is 0 Å². The zero-order valence-electron chi connectivity index (χ0n) is 22.5. The molecule has 0 aromatic heterocycles. The van der Waals surface area contributed by atoms with E-state index in [9.17, 15) is 18.0 Å². The van der Waals surface area contributed by atoms with Crippen molar-refractivity contribution in [2.45, 2.75) is 31.2 Å². The summed E-state index contributed by atoms with van der Waals surface area (Å²) in [7, 11) is -1.24. The van der Waals surface area contributed by atoms with Crippen molar-refractivity contribution in [2.24, 2.45) is 15.9 Å². The summed E-state index contributed by atoms with van der Waals surface area (Å²) in [5, 5.41) is 8.97. The summed E-state index contributed by atoms with van der Waals surface area (Å²) >= 11 is 0. The lowest BCUT2D eigenvalue weighted by Crippen LogP contribution is -2.45. The van der Waals surface area contributed by atoms with Crippen molar-refractivity contribution in [1.29, 1.82) is 0 Å². The minimum atomic E-state index is -4.24. The van der Waals surface area contributed by atoms with Gasteiger partial charge in [0.1, 0.15) is 6.04 Å². The standard InChI is InChI=1S/C28H33N5O6S/c1-18-9-7-8-12-21(18)27(40(30,36)37)33-26(35)22(15-19-10-5-4-6-11-19)31-28(29)32-25(34)17-20-13-14-23(38-2)24(16-20)39-3/h4-14,16,22,27H,15,17H2,1-3H3,(H,33,35)(H2,30,36,37)(H3,29,31,32,34)/t22-,27?/m1/s1. The Labute approximate surface area is 233 Å². The Kier molecular flexibility index (Phi) is 10.2. The minimum absolute atomic E-state index is 0.0487. The third kappa shape index (κ3) is 8.29. The van der Waals surface area contributed by atoms with E-state index in [2.05, 4.69) is 15.6 Å². The largest absolute Gasteiger partial charge is 0.493 e. The van der Waals surface area contributed by atoms with E-state index in [-0.39, 0.29) is 18.8 Å². The highest BCUT2D eigenvalue weighted by atomic mass is 32.2. The first kappa shape index (κ1) is 30.1. The molecule has 40 heavy (non-hydrogen) atoms. The fourth-order valence-electron chi connectivity index (χ4n) is 4.04. The molecule has 2 atom stereocenters. The van der Waals surface area contributed by atoms with Gasteiger partial charge in [-0.2, -0.15) is 0 Å². The molecule has 11 nitrogen and oxygen atoms in total. The third-order valence-corrected chi connectivity index (χ3v) is 7.05. The average molecular weight is 568 g/mol. The molecule has 0 saturated heterocycles. The maximum absolute atomic E-state index is 13.4. The molecule has 1 unspecified atom stereocenters. The summed E-state index contributed by atoms with van der Waals surface area (Å²) in [4.78, 5) is 30.3. The number of nitrogens with one attached hydrogen (secondary N) is 2. The van der Waals surface area contributed by atoms with Crippen LogP contribution in [0.4, 0.5) is 0 Å². The molecule has 212 valence electrons. The number of hydrogen-bond donors (Lipinski definition) is 4. The minimum Gasteiger partial charge on any atom is -0.493 e. The highest BCUT2D eigenvalue weighted by Gasteiger charge is 2.30. The summed E-state index contributed by atoms with van der Waals surface area (Å²) in [5.74, 6) is -0.527. The Morgan fingerprint density at radius 2 is 1.57 bits per heavy atom. The van der Waals surface area contributed by atoms with E-state index in [0.717, 1.165) is 5.56 Å². The Bertz CT molecular complexity index is 1480. The Hall–Kier alpha value is -4.42. The molecule has 3 rings (SSSR count). The second-order valence-electron chi connectivity index (χ2n) is 8.97. The molecule has 0 spiro atoms. The topological polar surface area (TPSA) is 175 Å². The maximum Gasteiger partial charge on any atom is 0.246 e. The number of nitrogens with two attached hydrogens (primary N) is 2. The lowest BCUT2D eigenvalue weighted by atomic mass is 10.1. The normalized spacial score (nSPS) is 13.2. The van der Waals surface area contributed by atoms with Gasteiger partial charge in [0.05, 0.1) is 20.6 Å². The maximum atomic E-state index is 13.4. The number of aliphatic imine (C=N–C) groups is 1. The van der Waals surface area contributed by atoms with Crippen molar-refractivity contribution in [1.82, 2.24) is 10.6 Å². The van der Waals surface area contributed by atoms with Gasteiger partial charge < -0.3 is 20.5 Å². The Balaban J connectivity index is 1.83. The third-order valence-electron chi connectivity index (χ3n) is 6.02. The molecule has 0 radical (unpaired) electrons. The van der Waals surface area contributed by atoms with Gasteiger partial charge in [-0.05, 0) is 41.3 Å². The van der Waals surface area contributed by atoms with Crippen molar-refractivity contribution >= 4 is 27.8 Å². The van der Waals surface area contributed by atoms with Crippen LogP contribution in [-0.4, -0.2) is 46.5 Å². The number of hydrogen-bond acceptors (Lipinski definition) is 7. The van der Waals surface area contributed by atoms with Crippen molar-refractivity contribution in [3.63, 3.8) is 0 Å². The number of methoxy groups -OCH3 is 2. The molecule has 0 aliphatic rings. The number of nitrogens with zero attached hydrogens (tertiary/aromatic N) is 1. The van der Waals surface area contributed by atoms with Gasteiger partial charge in [0.2, 0.25) is 21.8 Å². The van der Waals surface area contributed by atoms with E-state index in [1.807, 2.05) is 6.07 Å². The fraction of sp³-hybridized carbons (Fsp3) is 0.250. The molecule has 3 aromatic rings. The van der Waals surface area contributed by atoms with Crippen molar-refractivity contribution in [3.8, 4) is 11.5 Å². The first-order valence-electron chi connectivity index (χ1n) is 12.3. The summed E-state index contributed by atoms with van der Waals surface area (Å²) in [6, 6.07) is 19.6. The number of amides is 2. The van der Waals surface area contributed by atoms with Gasteiger partial charge in [-0.15, -0.1) is 0 Å². The SMILES string of the molecule is COc1ccc(CC(=O)NC(N)=N[C@H](Cc2ccccc2)C(=O)NC(c2ccccc2C)S(N)(=O)=O)cc1OC. The average Bonchev–Trinajstić information content (AvgIpc) is 2.91. The van der Waals surface area contributed by atoms with E-state index in [1.54, 1.807) is 73.7 Å². The highest BCUT2D eigenvalue weighted by molar-refractivity contribution is 7.89. The molecular weight excluding hydrogens is 534 g/mol. The first-order valence-corrected chi connectivity index (χ1v) is 13.9. The van der Waals surface area contributed by atoms with E-state index >= 15 is 0 Å². The lowest BCUT2D eigenvalue weighted by molar-refractivity contribution is -0.122. The second-order valence-corrected chi connectivity index (χ2v) is 10.6. The fourth-order valence-corrected chi connectivity index (χ4v) is 4.94. The highest BCUT2D eigenvalue weighted by Crippen LogP contribution is 2.27. The summed E-state index contributed by atoms with van der Waals surface area (Å²) in [5.41, 5.74) is 8.37. The van der Waals surface area contributed by atoms with Crippen molar-refractivity contribution in [2.75, 3.05) is 14.2 Å². The monoisotopic (exact) mass is 567 g/mol. The summed E-state index contributed by atoms with van der Waals surface area (Å²) in [6.07, 6.45) is 0.0386. The van der Waals surface area contributed by atoms with Gasteiger partial charge >= 0.3 is 0 Å². The number of primary sulfonamides is 1. The number of sulfonamides is 1. The van der Waals surface area contributed by atoms with Crippen LogP contribution >= 0.6 is 0 Å². The first-order chi connectivity index (χ1) is 19.0. The number of rotatable bonds is 11. The number of carbonyl (C=O) groups excluding carboxylic acids is 2. The van der Waals surface area contributed by atoms with Gasteiger partial charge in [0, 0.05) is 6.42 Å². The number of ether oxygens (including phenoxy) is 2.